The van der Waals surface area contributed by atoms with Crippen molar-refractivity contribution in [2.45, 2.75) is 11.3 Å². The highest BCUT2D eigenvalue weighted by Crippen LogP contribution is 2.38. The maximum Gasteiger partial charge on any atom is 0.573 e. The Kier molecular flexibility index (Phi) is 5.35. The van der Waals surface area contributed by atoms with Crippen LogP contribution in [0.2, 0.25) is 0 Å². The summed E-state index contributed by atoms with van der Waals surface area (Å²) in [5.74, 6) is -8.93. The largest absolute Gasteiger partial charge is 0.573 e. The van der Waals surface area contributed by atoms with Crippen molar-refractivity contribution >= 4 is 21.4 Å². The molecule has 0 fully saturated rings. The molecule has 0 saturated heterocycles. The lowest BCUT2D eigenvalue weighted by molar-refractivity contribution is -0.276. The van der Waals surface area contributed by atoms with Crippen LogP contribution >= 0.6 is 0 Å². The molecule has 0 unspecified atom stereocenters. The molecular weight excluding hydrogens is 406 g/mol. The molecule has 27 heavy (non-hydrogen) atoms. The van der Waals surface area contributed by atoms with Gasteiger partial charge < -0.3 is 15.2 Å². The van der Waals surface area contributed by atoms with E-state index in [0.717, 1.165) is 0 Å². The molecule has 0 spiro atoms. The fourth-order valence-electron chi connectivity index (χ4n) is 1.97. The Hall–Kier alpha value is -2.83. The van der Waals surface area contributed by atoms with Crippen molar-refractivity contribution in [2.24, 2.45) is 0 Å². The molecule has 148 valence electrons. The molecule has 13 heteroatoms. The number of benzene rings is 2. The molecule has 2 aromatic rings. The van der Waals surface area contributed by atoms with Gasteiger partial charge in [0.1, 0.15) is 5.75 Å². The second-order valence-electron chi connectivity index (χ2n) is 4.90. The van der Waals surface area contributed by atoms with E-state index in [4.69, 9.17) is 10.5 Å². The molecule has 6 nitrogen and oxygen atoms in total. The average molecular weight is 416 g/mol. The fraction of sp³-hybridized carbons (Fsp3) is 0.143. The van der Waals surface area contributed by atoms with Crippen LogP contribution in [-0.4, -0.2) is 21.9 Å². The molecule has 2 rings (SSSR count). The van der Waals surface area contributed by atoms with Crippen LogP contribution in [0.1, 0.15) is 0 Å². The molecule has 0 bridgehead atoms. The van der Waals surface area contributed by atoms with Crippen molar-refractivity contribution in [1.82, 2.24) is 0 Å². The number of nitrogen functional groups attached to an aromatic ring is 1. The summed E-state index contributed by atoms with van der Waals surface area (Å²) in [4.78, 5) is -1.71. The van der Waals surface area contributed by atoms with Gasteiger partial charge in [-0.15, -0.1) is 13.2 Å². The molecule has 0 amide bonds. The summed E-state index contributed by atoms with van der Waals surface area (Å²) in [7, 11) is -3.67. The Bertz CT molecular complexity index is 932. The molecule has 0 aliphatic carbocycles. The van der Waals surface area contributed by atoms with Gasteiger partial charge in [-0.1, -0.05) is 0 Å². The van der Waals surface area contributed by atoms with Crippen LogP contribution in [0.25, 0.3) is 0 Å². The predicted molar refractivity (Wildman–Crippen MR) is 81.2 cm³/mol. The van der Waals surface area contributed by atoms with Crippen LogP contribution in [0.3, 0.4) is 0 Å². The minimum Gasteiger partial charge on any atom is -0.497 e. The Labute approximate surface area is 148 Å². The first-order valence-electron chi connectivity index (χ1n) is 6.76. The van der Waals surface area contributed by atoms with Gasteiger partial charge in [-0.25, -0.2) is 17.2 Å². The van der Waals surface area contributed by atoms with E-state index in [9.17, 15) is 34.8 Å². The smallest absolute Gasteiger partial charge is 0.497 e. The molecule has 0 aliphatic rings. The highest BCUT2D eigenvalue weighted by molar-refractivity contribution is 7.92. The number of anilines is 2. The minimum absolute atomic E-state index is 0.161. The summed E-state index contributed by atoms with van der Waals surface area (Å²) in [5.41, 5.74) is 3.34. The molecule has 0 heterocycles. The summed E-state index contributed by atoms with van der Waals surface area (Å²) in [6.07, 6.45) is -5.57. The summed E-state index contributed by atoms with van der Waals surface area (Å²) >= 11 is 0. The first kappa shape index (κ1) is 20.5. The normalized spacial score (nSPS) is 12.0. The van der Waals surface area contributed by atoms with Gasteiger partial charge in [0.05, 0.1) is 12.8 Å². The summed E-state index contributed by atoms with van der Waals surface area (Å²) in [5, 5.41) is 0. The van der Waals surface area contributed by atoms with Crippen LogP contribution in [0.4, 0.5) is 37.7 Å². The SMILES string of the molecule is COc1ccc(NS(=O)(=O)c2c(N)c(F)c(OC(F)(F)F)c(F)c2F)cc1. The van der Waals surface area contributed by atoms with Gasteiger partial charge in [0.25, 0.3) is 10.0 Å². The van der Waals surface area contributed by atoms with E-state index in [0.29, 0.717) is 5.75 Å². The second kappa shape index (κ2) is 7.06. The number of ether oxygens (including phenoxy) is 2. The Morgan fingerprint density at radius 2 is 1.56 bits per heavy atom. The van der Waals surface area contributed by atoms with Crippen LogP contribution in [-0.2, 0) is 10.0 Å². The Morgan fingerprint density at radius 3 is 2.04 bits per heavy atom. The third-order valence-corrected chi connectivity index (χ3v) is 4.54. The quantitative estimate of drug-likeness (QED) is 0.443. The van der Waals surface area contributed by atoms with E-state index in [-0.39, 0.29) is 5.69 Å². The third-order valence-electron chi connectivity index (χ3n) is 3.10. The van der Waals surface area contributed by atoms with Crippen LogP contribution in [0.5, 0.6) is 11.5 Å². The van der Waals surface area contributed by atoms with Crippen molar-refractivity contribution < 1.29 is 44.2 Å². The Balaban J connectivity index is 2.53. The first-order valence-corrected chi connectivity index (χ1v) is 8.24. The second-order valence-corrected chi connectivity index (χ2v) is 6.51. The number of halogens is 6. The number of rotatable bonds is 5. The van der Waals surface area contributed by atoms with Crippen molar-refractivity contribution in [1.29, 1.82) is 0 Å². The number of sulfonamides is 1. The van der Waals surface area contributed by atoms with Gasteiger partial charge in [0, 0.05) is 5.69 Å². The number of methoxy groups -OCH3 is 1. The number of nitrogens with one attached hydrogen (secondary N) is 1. The highest BCUT2D eigenvalue weighted by Gasteiger charge is 2.39. The molecule has 0 saturated carbocycles. The van der Waals surface area contributed by atoms with E-state index < -0.39 is 50.2 Å². The average Bonchev–Trinajstić information content (AvgIpc) is 2.56. The number of hydrogen-bond acceptors (Lipinski definition) is 5. The maximum atomic E-state index is 14.1. The maximum absolute atomic E-state index is 14.1. The zero-order valence-corrected chi connectivity index (χ0v) is 14.0. The van der Waals surface area contributed by atoms with Crippen molar-refractivity contribution in [2.75, 3.05) is 17.6 Å². The number of alkyl halides is 3. The van der Waals surface area contributed by atoms with E-state index in [2.05, 4.69) is 4.74 Å². The lowest BCUT2D eigenvalue weighted by Gasteiger charge is -2.16. The number of hydrogen-bond donors (Lipinski definition) is 2. The zero-order chi connectivity index (χ0) is 20.6. The zero-order valence-electron chi connectivity index (χ0n) is 13.2. The molecule has 3 N–H and O–H groups in total. The molecule has 2 aromatic carbocycles. The fourth-order valence-corrected chi connectivity index (χ4v) is 3.22. The van der Waals surface area contributed by atoms with Gasteiger partial charge in [-0.05, 0) is 24.3 Å². The lowest BCUT2D eigenvalue weighted by atomic mass is 10.2. The van der Waals surface area contributed by atoms with Crippen molar-refractivity contribution in [3.63, 3.8) is 0 Å². The van der Waals surface area contributed by atoms with Crippen LogP contribution in [0, 0.1) is 17.5 Å². The van der Waals surface area contributed by atoms with Crippen LogP contribution in [0.15, 0.2) is 29.2 Å². The van der Waals surface area contributed by atoms with Gasteiger partial charge in [0.2, 0.25) is 11.6 Å². The monoisotopic (exact) mass is 416 g/mol. The predicted octanol–water partition coefficient (Wildman–Crippen LogP) is 3.39. The van der Waals surface area contributed by atoms with Gasteiger partial charge in [-0.3, -0.25) is 4.72 Å². The van der Waals surface area contributed by atoms with Crippen molar-refractivity contribution in [3.8, 4) is 11.5 Å². The topological polar surface area (TPSA) is 90.7 Å². The highest BCUT2D eigenvalue weighted by atomic mass is 32.2. The lowest BCUT2D eigenvalue weighted by Crippen LogP contribution is -2.23. The molecule has 0 aromatic heterocycles. The third kappa shape index (κ3) is 4.30. The Morgan fingerprint density at radius 1 is 1.00 bits per heavy atom. The molecule has 0 aliphatic heterocycles. The van der Waals surface area contributed by atoms with Gasteiger partial charge in [-0.2, -0.15) is 4.39 Å². The van der Waals surface area contributed by atoms with Crippen LogP contribution < -0.4 is 19.9 Å². The molecule has 0 atom stereocenters. The molecular formula is C14H10F6N2O4S. The first-order chi connectivity index (χ1) is 12.4. The standard InChI is InChI=1S/C14H10F6N2O4S/c1-25-7-4-2-6(3-5-7)22-27(23,24)13-9(16)8(15)12(10(17)11(13)21)26-14(18,19)20/h2-5,22H,21H2,1H3. The van der Waals surface area contributed by atoms with Gasteiger partial charge >= 0.3 is 6.36 Å². The van der Waals surface area contributed by atoms with E-state index in [1.54, 1.807) is 4.72 Å². The summed E-state index contributed by atoms with van der Waals surface area (Å²) in [6.45, 7) is 0. The number of nitrogens with two attached hydrogens (primary N) is 1. The van der Waals surface area contributed by atoms with Gasteiger partial charge in [0.15, 0.2) is 16.5 Å². The van der Waals surface area contributed by atoms with Crippen molar-refractivity contribution in [3.05, 3.63) is 41.7 Å². The van der Waals surface area contributed by atoms with E-state index in [1.807, 2.05) is 0 Å². The molecule has 0 radical (unpaired) electrons. The summed E-state index contributed by atoms with van der Waals surface area (Å²) < 4.78 is 113. The van der Waals surface area contributed by atoms with E-state index >= 15 is 0 Å². The summed E-state index contributed by atoms with van der Waals surface area (Å²) in [6, 6.07) is 4.99. The van der Waals surface area contributed by atoms with E-state index in [1.165, 1.54) is 31.4 Å². The minimum atomic E-state index is -5.57.